The van der Waals surface area contributed by atoms with Crippen molar-refractivity contribution < 1.29 is 22.7 Å². The number of carbonyl (C=O) groups is 1. The molecule has 0 saturated heterocycles. The van der Waals surface area contributed by atoms with Crippen molar-refractivity contribution in [2.75, 3.05) is 28.6 Å². The second-order valence-electron chi connectivity index (χ2n) is 7.56. The average molecular weight is 468 g/mol. The van der Waals surface area contributed by atoms with Crippen LogP contribution in [0.25, 0.3) is 0 Å². The van der Waals surface area contributed by atoms with Crippen molar-refractivity contribution in [3.05, 3.63) is 72.8 Å². The van der Waals surface area contributed by atoms with Crippen LogP contribution in [-0.2, 0) is 14.8 Å². The Bertz CT molecular complexity index is 1210. The Kier molecular flexibility index (Phi) is 6.69. The lowest BCUT2D eigenvalue weighted by Gasteiger charge is -2.16. The molecule has 3 aromatic carbocycles. The summed E-state index contributed by atoms with van der Waals surface area (Å²) in [6, 6.07) is 19.9. The summed E-state index contributed by atoms with van der Waals surface area (Å²) in [5, 5.41) is 5.94. The van der Waals surface area contributed by atoms with Crippen LogP contribution in [0.1, 0.15) is 13.3 Å². The molecular weight excluding hydrogens is 442 g/mol. The summed E-state index contributed by atoms with van der Waals surface area (Å²) in [5.74, 6) is 0.769. The van der Waals surface area contributed by atoms with Crippen molar-refractivity contribution in [2.24, 2.45) is 0 Å². The second-order valence-corrected chi connectivity index (χ2v) is 9.25. The van der Waals surface area contributed by atoms with E-state index in [1.165, 1.54) is 12.1 Å². The molecule has 1 amide bonds. The summed E-state index contributed by atoms with van der Waals surface area (Å²) < 4.78 is 39.3. The minimum absolute atomic E-state index is 0.0835. The number of hydrogen-bond donors (Lipinski definition) is 3. The third-order valence-electron chi connectivity index (χ3n) is 4.98. The molecule has 33 heavy (non-hydrogen) atoms. The number of fused-ring (bicyclic) bond motifs is 1. The maximum Gasteiger partial charge on any atom is 0.262 e. The molecule has 0 bridgehead atoms. The zero-order chi connectivity index (χ0) is 23.3. The van der Waals surface area contributed by atoms with Gasteiger partial charge in [-0.2, -0.15) is 0 Å². The third-order valence-corrected chi connectivity index (χ3v) is 6.36. The Morgan fingerprint density at radius 1 is 0.848 bits per heavy atom. The Hall–Kier alpha value is -3.72. The second kappa shape index (κ2) is 9.83. The Labute approximate surface area is 193 Å². The lowest BCUT2D eigenvalue weighted by atomic mass is 10.2. The van der Waals surface area contributed by atoms with Crippen molar-refractivity contribution in [1.29, 1.82) is 0 Å². The molecule has 0 unspecified atom stereocenters. The highest BCUT2D eigenvalue weighted by atomic mass is 32.2. The predicted molar refractivity (Wildman–Crippen MR) is 127 cm³/mol. The zero-order valence-electron chi connectivity index (χ0n) is 18.1. The van der Waals surface area contributed by atoms with Gasteiger partial charge in [0.25, 0.3) is 10.0 Å². The van der Waals surface area contributed by atoms with Crippen LogP contribution in [-0.4, -0.2) is 33.6 Å². The highest BCUT2D eigenvalue weighted by Crippen LogP contribution is 2.32. The molecule has 3 N–H and O–H groups in total. The van der Waals surface area contributed by atoms with E-state index in [0.717, 1.165) is 12.1 Å². The fourth-order valence-corrected chi connectivity index (χ4v) is 4.32. The van der Waals surface area contributed by atoms with Crippen LogP contribution in [0, 0.1) is 0 Å². The van der Waals surface area contributed by atoms with Gasteiger partial charge in [-0.05, 0) is 55.5 Å². The SMILES string of the molecule is C[C@H](Nc1ccc(NS(=O)(=O)c2ccc3c(c2)OCCCO3)cc1)C(=O)Nc1ccccc1. The maximum absolute atomic E-state index is 12.8. The molecule has 1 aliphatic rings. The van der Waals surface area contributed by atoms with Crippen LogP contribution in [0.2, 0.25) is 0 Å². The number of ether oxygens (including phenoxy) is 2. The third kappa shape index (κ3) is 5.75. The van der Waals surface area contributed by atoms with Gasteiger partial charge < -0.3 is 20.1 Å². The predicted octanol–water partition coefficient (Wildman–Crippen LogP) is 4.09. The molecule has 8 nitrogen and oxygen atoms in total. The quantitative estimate of drug-likeness (QED) is 0.483. The number of amides is 1. The largest absolute Gasteiger partial charge is 0.490 e. The molecule has 0 radical (unpaired) electrons. The first-order chi connectivity index (χ1) is 15.9. The first kappa shape index (κ1) is 22.5. The number of para-hydroxylation sites is 1. The number of benzene rings is 3. The lowest BCUT2D eigenvalue weighted by molar-refractivity contribution is -0.116. The number of rotatable bonds is 7. The smallest absolute Gasteiger partial charge is 0.262 e. The molecule has 0 fully saturated rings. The van der Waals surface area contributed by atoms with Gasteiger partial charge in [0.05, 0.1) is 18.1 Å². The van der Waals surface area contributed by atoms with E-state index < -0.39 is 16.1 Å². The maximum atomic E-state index is 12.8. The molecule has 3 aromatic rings. The van der Waals surface area contributed by atoms with Crippen LogP contribution in [0.15, 0.2) is 77.7 Å². The Morgan fingerprint density at radius 3 is 2.24 bits per heavy atom. The standard InChI is InChI=1S/C24H25N3O5S/c1-17(24(28)26-18-6-3-2-4-7-18)25-19-8-10-20(11-9-19)27-33(29,30)21-12-13-22-23(16-21)32-15-5-14-31-22/h2-4,6-13,16-17,25,27H,5,14-15H2,1H3,(H,26,28)/t17-/m0/s1. The van der Waals surface area contributed by atoms with Gasteiger partial charge in [-0.1, -0.05) is 18.2 Å². The van der Waals surface area contributed by atoms with Gasteiger partial charge in [0.15, 0.2) is 11.5 Å². The summed E-state index contributed by atoms with van der Waals surface area (Å²) >= 11 is 0. The van der Waals surface area contributed by atoms with Gasteiger partial charge in [-0.3, -0.25) is 9.52 Å². The summed E-state index contributed by atoms with van der Waals surface area (Å²) in [5.41, 5.74) is 1.80. The zero-order valence-corrected chi connectivity index (χ0v) is 18.9. The van der Waals surface area contributed by atoms with Crippen molar-refractivity contribution in [2.45, 2.75) is 24.3 Å². The molecule has 1 aliphatic heterocycles. The molecule has 4 rings (SSSR count). The van der Waals surface area contributed by atoms with E-state index in [9.17, 15) is 13.2 Å². The van der Waals surface area contributed by atoms with E-state index in [1.807, 2.05) is 30.3 Å². The van der Waals surface area contributed by atoms with Crippen LogP contribution in [0.5, 0.6) is 11.5 Å². The molecule has 0 aromatic heterocycles. The number of carbonyl (C=O) groups excluding carboxylic acids is 1. The number of nitrogens with one attached hydrogen (secondary N) is 3. The summed E-state index contributed by atoms with van der Waals surface area (Å²) in [7, 11) is -3.81. The minimum Gasteiger partial charge on any atom is -0.490 e. The molecular formula is C24H25N3O5S. The van der Waals surface area contributed by atoms with Gasteiger partial charge in [-0.25, -0.2) is 8.42 Å². The van der Waals surface area contributed by atoms with Crippen molar-refractivity contribution in [1.82, 2.24) is 0 Å². The van der Waals surface area contributed by atoms with E-state index >= 15 is 0 Å². The van der Waals surface area contributed by atoms with E-state index in [0.29, 0.717) is 36.1 Å². The van der Waals surface area contributed by atoms with Gasteiger partial charge >= 0.3 is 0 Å². The average Bonchev–Trinajstić information content (AvgIpc) is 3.06. The van der Waals surface area contributed by atoms with Gasteiger partial charge in [0.1, 0.15) is 6.04 Å². The van der Waals surface area contributed by atoms with Crippen LogP contribution in [0.4, 0.5) is 17.1 Å². The van der Waals surface area contributed by atoms with Gasteiger partial charge in [-0.15, -0.1) is 0 Å². The van der Waals surface area contributed by atoms with Crippen LogP contribution >= 0.6 is 0 Å². The first-order valence-corrected chi connectivity index (χ1v) is 12.0. The summed E-state index contributed by atoms with van der Waals surface area (Å²) in [6.07, 6.45) is 0.738. The number of sulfonamides is 1. The van der Waals surface area contributed by atoms with E-state index in [4.69, 9.17) is 9.47 Å². The van der Waals surface area contributed by atoms with Crippen LogP contribution < -0.4 is 24.8 Å². The molecule has 172 valence electrons. The Balaban J connectivity index is 1.39. The van der Waals surface area contributed by atoms with Gasteiger partial charge in [0.2, 0.25) is 5.91 Å². The summed E-state index contributed by atoms with van der Waals surface area (Å²) in [6.45, 7) is 2.75. The fraction of sp³-hybridized carbons (Fsp3) is 0.208. The summed E-state index contributed by atoms with van der Waals surface area (Å²) in [4.78, 5) is 12.5. The highest BCUT2D eigenvalue weighted by molar-refractivity contribution is 7.92. The minimum atomic E-state index is -3.81. The Morgan fingerprint density at radius 2 is 1.52 bits per heavy atom. The van der Waals surface area contributed by atoms with E-state index in [-0.39, 0.29) is 10.8 Å². The van der Waals surface area contributed by atoms with Crippen molar-refractivity contribution in [3.63, 3.8) is 0 Å². The van der Waals surface area contributed by atoms with Crippen LogP contribution in [0.3, 0.4) is 0 Å². The molecule has 9 heteroatoms. The molecule has 0 saturated carbocycles. The lowest BCUT2D eigenvalue weighted by Crippen LogP contribution is -2.31. The fourth-order valence-electron chi connectivity index (χ4n) is 3.25. The monoisotopic (exact) mass is 467 g/mol. The molecule has 0 aliphatic carbocycles. The number of anilines is 3. The van der Waals surface area contributed by atoms with E-state index in [1.54, 1.807) is 37.3 Å². The van der Waals surface area contributed by atoms with Gasteiger partial charge in [0, 0.05) is 29.5 Å². The van der Waals surface area contributed by atoms with Crippen molar-refractivity contribution in [3.8, 4) is 11.5 Å². The highest BCUT2D eigenvalue weighted by Gasteiger charge is 2.19. The molecule has 1 heterocycles. The molecule has 1 atom stereocenters. The topological polar surface area (TPSA) is 106 Å². The van der Waals surface area contributed by atoms with Crippen molar-refractivity contribution >= 4 is 33.0 Å². The number of hydrogen-bond acceptors (Lipinski definition) is 6. The molecule has 0 spiro atoms. The van der Waals surface area contributed by atoms with E-state index in [2.05, 4.69) is 15.4 Å². The first-order valence-electron chi connectivity index (χ1n) is 10.6. The normalized spacial score (nSPS) is 14.0.